The topological polar surface area (TPSA) is 78.9 Å². The lowest BCUT2D eigenvalue weighted by Crippen LogP contribution is -2.30. The van der Waals surface area contributed by atoms with Gasteiger partial charge in [-0.25, -0.2) is 0 Å². The van der Waals surface area contributed by atoms with Crippen molar-refractivity contribution in [2.45, 2.75) is 335 Å². The van der Waals surface area contributed by atoms with Gasteiger partial charge in [-0.05, 0) is 83.5 Å². The molecule has 0 aliphatic carbocycles. The summed E-state index contributed by atoms with van der Waals surface area (Å²) < 4.78 is 16.9. The van der Waals surface area contributed by atoms with Gasteiger partial charge >= 0.3 is 17.9 Å². The van der Waals surface area contributed by atoms with Gasteiger partial charge < -0.3 is 14.2 Å². The molecule has 0 aliphatic heterocycles. The van der Waals surface area contributed by atoms with Crippen molar-refractivity contribution in [2.75, 3.05) is 13.2 Å². The molecule has 0 saturated carbocycles. The number of hydrogen-bond acceptors (Lipinski definition) is 6. The van der Waals surface area contributed by atoms with E-state index in [0.717, 1.165) is 89.9 Å². The van der Waals surface area contributed by atoms with Crippen molar-refractivity contribution in [3.8, 4) is 0 Å². The summed E-state index contributed by atoms with van der Waals surface area (Å²) in [7, 11) is 0. The highest BCUT2D eigenvalue weighted by molar-refractivity contribution is 5.71. The molecule has 0 bridgehead atoms. The van der Waals surface area contributed by atoms with Crippen molar-refractivity contribution in [2.24, 2.45) is 0 Å². The van der Waals surface area contributed by atoms with Crippen LogP contribution in [0.4, 0.5) is 0 Å². The molecule has 0 fully saturated rings. The molecular weight excluding hydrogens is 901 g/mol. The molecule has 0 aromatic heterocycles. The number of carbonyl (C=O) groups is 3. The van der Waals surface area contributed by atoms with Gasteiger partial charge in [-0.3, -0.25) is 14.4 Å². The van der Waals surface area contributed by atoms with Crippen LogP contribution in [-0.2, 0) is 28.6 Å². The molecule has 6 nitrogen and oxygen atoms in total. The van der Waals surface area contributed by atoms with Crippen molar-refractivity contribution in [1.29, 1.82) is 0 Å². The monoisotopic (exact) mass is 1020 g/mol. The van der Waals surface area contributed by atoms with Gasteiger partial charge in [-0.15, -0.1) is 0 Å². The van der Waals surface area contributed by atoms with Crippen molar-refractivity contribution in [3.63, 3.8) is 0 Å². The molecular formula is C67H120O6. The maximum absolute atomic E-state index is 12.9. The van der Waals surface area contributed by atoms with Gasteiger partial charge in [0.2, 0.25) is 0 Å². The van der Waals surface area contributed by atoms with E-state index in [0.29, 0.717) is 19.3 Å². The van der Waals surface area contributed by atoms with E-state index in [1.165, 1.54) is 199 Å². The third-order valence-corrected chi connectivity index (χ3v) is 14.0. The lowest BCUT2D eigenvalue weighted by Gasteiger charge is -2.18. The van der Waals surface area contributed by atoms with Crippen LogP contribution in [0.15, 0.2) is 60.8 Å². The van der Waals surface area contributed by atoms with Crippen molar-refractivity contribution in [3.05, 3.63) is 60.8 Å². The Labute approximate surface area is 453 Å². The number of esters is 3. The molecule has 1 unspecified atom stereocenters. The van der Waals surface area contributed by atoms with E-state index in [1.54, 1.807) is 0 Å². The smallest absolute Gasteiger partial charge is 0.306 e. The molecule has 6 heteroatoms. The Morgan fingerprint density at radius 1 is 0.288 bits per heavy atom. The normalized spacial score (nSPS) is 12.4. The first-order valence-electron chi connectivity index (χ1n) is 31.8. The van der Waals surface area contributed by atoms with E-state index in [-0.39, 0.29) is 31.1 Å². The third kappa shape index (κ3) is 59.9. The highest BCUT2D eigenvalue weighted by Gasteiger charge is 2.19. The zero-order chi connectivity index (χ0) is 52.9. The Bertz CT molecular complexity index is 1310. The van der Waals surface area contributed by atoms with Crippen LogP contribution in [0.1, 0.15) is 329 Å². The van der Waals surface area contributed by atoms with Gasteiger partial charge in [0.1, 0.15) is 13.2 Å². The quantitative estimate of drug-likeness (QED) is 0.0261. The van der Waals surface area contributed by atoms with E-state index in [4.69, 9.17) is 14.2 Å². The van der Waals surface area contributed by atoms with Crippen LogP contribution in [0.25, 0.3) is 0 Å². The van der Waals surface area contributed by atoms with Crippen LogP contribution >= 0.6 is 0 Å². The van der Waals surface area contributed by atoms with Crippen molar-refractivity contribution in [1.82, 2.24) is 0 Å². The van der Waals surface area contributed by atoms with Crippen LogP contribution in [0.5, 0.6) is 0 Å². The predicted molar refractivity (Wildman–Crippen MR) is 316 cm³/mol. The van der Waals surface area contributed by atoms with Gasteiger partial charge in [0.15, 0.2) is 6.10 Å². The summed E-state index contributed by atoms with van der Waals surface area (Å²) in [5.74, 6) is -0.866. The second-order valence-corrected chi connectivity index (χ2v) is 21.3. The van der Waals surface area contributed by atoms with Crippen LogP contribution in [0.2, 0.25) is 0 Å². The fourth-order valence-electron chi connectivity index (χ4n) is 9.25. The van der Waals surface area contributed by atoms with E-state index in [9.17, 15) is 14.4 Å². The Kier molecular flexibility index (Phi) is 59.2. The molecule has 0 aromatic carbocycles. The summed E-state index contributed by atoms with van der Waals surface area (Å²) in [6.45, 7) is 6.56. The molecule has 73 heavy (non-hydrogen) atoms. The summed E-state index contributed by atoms with van der Waals surface area (Å²) in [5.41, 5.74) is 0. The molecule has 0 radical (unpaired) electrons. The van der Waals surface area contributed by atoms with Crippen molar-refractivity contribution < 1.29 is 28.6 Å². The highest BCUT2D eigenvalue weighted by Crippen LogP contribution is 2.17. The number of ether oxygens (including phenoxy) is 3. The Morgan fingerprint density at radius 3 is 0.849 bits per heavy atom. The third-order valence-electron chi connectivity index (χ3n) is 14.0. The van der Waals surface area contributed by atoms with Gasteiger partial charge in [-0.2, -0.15) is 0 Å². The summed E-state index contributed by atoms with van der Waals surface area (Å²) in [5, 5.41) is 0. The maximum atomic E-state index is 12.9. The Balaban J connectivity index is 4.29. The summed E-state index contributed by atoms with van der Waals surface area (Å²) >= 11 is 0. The fraction of sp³-hybridized carbons (Fsp3) is 0.806. The van der Waals surface area contributed by atoms with E-state index in [2.05, 4.69) is 81.5 Å². The second-order valence-electron chi connectivity index (χ2n) is 21.3. The Hall–Kier alpha value is -2.89. The van der Waals surface area contributed by atoms with Crippen LogP contribution in [-0.4, -0.2) is 37.2 Å². The molecule has 0 spiro atoms. The summed E-state index contributed by atoms with van der Waals surface area (Å²) in [6, 6.07) is 0. The Morgan fingerprint density at radius 2 is 0.534 bits per heavy atom. The van der Waals surface area contributed by atoms with Crippen LogP contribution in [0.3, 0.4) is 0 Å². The first kappa shape index (κ1) is 70.1. The molecule has 0 amide bonds. The average molecular weight is 1020 g/mol. The van der Waals surface area contributed by atoms with E-state index >= 15 is 0 Å². The predicted octanol–water partition coefficient (Wildman–Crippen LogP) is 21.6. The average Bonchev–Trinajstić information content (AvgIpc) is 3.39. The van der Waals surface area contributed by atoms with Gasteiger partial charge in [0.05, 0.1) is 0 Å². The molecule has 0 saturated heterocycles. The minimum absolute atomic E-state index is 0.0738. The lowest BCUT2D eigenvalue weighted by atomic mass is 10.0. The molecule has 0 heterocycles. The zero-order valence-corrected chi connectivity index (χ0v) is 48.7. The van der Waals surface area contributed by atoms with E-state index in [1.807, 2.05) is 0 Å². The minimum atomic E-state index is -0.777. The van der Waals surface area contributed by atoms with Crippen molar-refractivity contribution >= 4 is 17.9 Å². The molecule has 424 valence electrons. The molecule has 0 N–H and O–H groups in total. The number of rotatable bonds is 58. The maximum Gasteiger partial charge on any atom is 0.306 e. The number of hydrogen-bond donors (Lipinski definition) is 0. The van der Waals surface area contributed by atoms with Crippen LogP contribution in [0, 0.1) is 0 Å². The molecule has 1 atom stereocenters. The molecule has 0 rings (SSSR count). The number of unbranched alkanes of at least 4 members (excludes halogenated alkanes) is 37. The molecule has 0 aliphatic rings. The first-order valence-corrected chi connectivity index (χ1v) is 31.8. The van der Waals surface area contributed by atoms with Gasteiger partial charge in [0, 0.05) is 19.3 Å². The minimum Gasteiger partial charge on any atom is -0.462 e. The summed E-state index contributed by atoms with van der Waals surface area (Å²) in [4.78, 5) is 38.3. The summed E-state index contributed by atoms with van der Waals surface area (Å²) in [6.07, 6.45) is 77.9. The zero-order valence-electron chi connectivity index (χ0n) is 48.7. The standard InChI is InChI=1S/C67H120O6/c1-4-7-10-13-16-19-22-25-28-30-31-32-33-34-35-36-37-38-40-42-45-48-51-54-57-60-66(69)72-63-64(62-71-65(68)59-56-53-50-47-44-41-27-24-21-18-15-12-9-6-3)73-67(70)61-58-55-52-49-46-43-39-29-26-23-20-17-14-11-8-5-2/h7,10,16,19,25,28-29,31-32,39,64H,4-6,8-9,11-15,17-18,20-24,26-27,30,33-38,40-63H2,1-3H3/b10-7-,19-16-,28-25-,32-31-,39-29-. The number of allylic oxidation sites excluding steroid dienone is 10. The highest BCUT2D eigenvalue weighted by atomic mass is 16.6. The second kappa shape index (κ2) is 61.7. The molecule has 0 aromatic rings. The van der Waals surface area contributed by atoms with Gasteiger partial charge in [-0.1, -0.05) is 287 Å². The SMILES string of the molecule is CC/C=C\C/C=C\C/C=C\C/C=C\CCCCCCCCCCCCCCC(=O)OCC(COC(=O)CCCCCCCCCCCCCCCC)OC(=O)CCCCCCC/C=C\CCCCCCCCC. The largest absolute Gasteiger partial charge is 0.462 e. The van der Waals surface area contributed by atoms with Crippen LogP contribution < -0.4 is 0 Å². The first-order chi connectivity index (χ1) is 36.0. The fourth-order valence-corrected chi connectivity index (χ4v) is 9.25. The lowest BCUT2D eigenvalue weighted by molar-refractivity contribution is -0.167. The van der Waals surface area contributed by atoms with E-state index < -0.39 is 6.10 Å². The van der Waals surface area contributed by atoms with Gasteiger partial charge in [0.25, 0.3) is 0 Å². The number of carbonyl (C=O) groups excluding carboxylic acids is 3.